The molecule has 0 aliphatic heterocycles. The van der Waals surface area contributed by atoms with Crippen LogP contribution in [0.25, 0.3) is 0 Å². The molecule has 4 aliphatic carbocycles. The zero-order valence-electron chi connectivity index (χ0n) is 20.5. The average Bonchev–Trinajstić information content (AvgIpc) is 3.05. The Balaban J connectivity index is 1.62. The number of aliphatic hydroxyl groups is 2. The Morgan fingerprint density at radius 3 is 2.39 bits per heavy atom. The number of carbonyl (C=O) groups excluding carboxylic acids is 1. The van der Waals surface area contributed by atoms with Gasteiger partial charge in [0.1, 0.15) is 5.60 Å². The molecule has 0 aromatic rings. The third-order valence-corrected chi connectivity index (χ3v) is 10.5. The number of fused-ring (bicyclic) bond motifs is 5. The van der Waals surface area contributed by atoms with E-state index in [0.29, 0.717) is 36.0 Å². The molecule has 0 spiro atoms. The summed E-state index contributed by atoms with van der Waals surface area (Å²) in [6.45, 7) is 13.9. The molecule has 0 aromatic carbocycles. The zero-order chi connectivity index (χ0) is 22.8. The van der Waals surface area contributed by atoms with Crippen LogP contribution in [-0.4, -0.2) is 27.7 Å². The molecule has 9 atom stereocenters. The summed E-state index contributed by atoms with van der Waals surface area (Å²) in [5.74, 6) is 3.03. The van der Waals surface area contributed by atoms with E-state index in [-0.39, 0.29) is 23.5 Å². The van der Waals surface area contributed by atoms with E-state index in [2.05, 4.69) is 53.7 Å². The van der Waals surface area contributed by atoms with Crippen molar-refractivity contribution < 1.29 is 15.0 Å². The number of carbonyl (C=O) groups is 1. The predicted octanol–water partition coefficient (Wildman–Crippen LogP) is 5.70. The molecule has 0 bridgehead atoms. The molecule has 4 rings (SSSR count). The predicted molar refractivity (Wildman–Crippen MR) is 125 cm³/mol. The summed E-state index contributed by atoms with van der Waals surface area (Å²) >= 11 is 0. The second kappa shape index (κ2) is 7.83. The van der Waals surface area contributed by atoms with Gasteiger partial charge >= 0.3 is 0 Å². The Morgan fingerprint density at radius 2 is 1.71 bits per heavy atom. The number of hydrogen-bond acceptors (Lipinski definition) is 3. The first-order chi connectivity index (χ1) is 14.4. The van der Waals surface area contributed by atoms with Crippen molar-refractivity contribution in [1.29, 1.82) is 0 Å². The molecule has 0 unspecified atom stereocenters. The first kappa shape index (κ1) is 23.2. The number of ketones is 1. The van der Waals surface area contributed by atoms with Gasteiger partial charge in [-0.1, -0.05) is 59.3 Å². The summed E-state index contributed by atoms with van der Waals surface area (Å²) in [5.41, 5.74) is -0.275. The molecule has 0 aromatic heterocycles. The first-order valence-electron chi connectivity index (χ1n) is 12.8. The van der Waals surface area contributed by atoms with Crippen molar-refractivity contribution in [2.75, 3.05) is 0 Å². The third kappa shape index (κ3) is 3.41. The van der Waals surface area contributed by atoms with Gasteiger partial charge in [0.2, 0.25) is 0 Å². The quantitative estimate of drug-likeness (QED) is 0.564. The van der Waals surface area contributed by atoms with Gasteiger partial charge in [-0.05, 0) is 85.5 Å². The Labute approximate surface area is 189 Å². The standard InChI is InChI=1S/C28H44O3/c1-17(2)18(3)7-8-19(4)22-9-10-23-21-15-25(30)28(31)16-20(29)11-14-27(28,6)24(21)12-13-26(22,23)5/h7-8,15,17-20,22-24,29,31H,9-14,16H2,1-6H3/t18-,19+,20-,22+,23-,24-,26+,27+,28-/m0/s1. The molecule has 31 heavy (non-hydrogen) atoms. The molecule has 0 heterocycles. The summed E-state index contributed by atoms with van der Waals surface area (Å²) in [5, 5.41) is 21.7. The largest absolute Gasteiger partial charge is 0.393 e. The topological polar surface area (TPSA) is 57.5 Å². The second-order valence-corrected chi connectivity index (χ2v) is 12.4. The van der Waals surface area contributed by atoms with Crippen molar-refractivity contribution in [3.63, 3.8) is 0 Å². The highest BCUT2D eigenvalue weighted by molar-refractivity contribution is 5.99. The van der Waals surface area contributed by atoms with E-state index in [0.717, 1.165) is 19.3 Å². The van der Waals surface area contributed by atoms with Gasteiger partial charge in [0.15, 0.2) is 5.78 Å². The Morgan fingerprint density at radius 1 is 1.00 bits per heavy atom. The van der Waals surface area contributed by atoms with Crippen molar-refractivity contribution in [1.82, 2.24) is 0 Å². The van der Waals surface area contributed by atoms with Gasteiger partial charge in [0.05, 0.1) is 6.10 Å². The lowest BCUT2D eigenvalue weighted by atomic mass is 9.46. The number of rotatable bonds is 4. The van der Waals surface area contributed by atoms with Crippen LogP contribution in [0.5, 0.6) is 0 Å². The second-order valence-electron chi connectivity index (χ2n) is 12.4. The van der Waals surface area contributed by atoms with Crippen LogP contribution < -0.4 is 0 Å². The van der Waals surface area contributed by atoms with E-state index in [1.165, 1.54) is 18.4 Å². The van der Waals surface area contributed by atoms with E-state index < -0.39 is 17.1 Å². The van der Waals surface area contributed by atoms with E-state index in [1.807, 2.05) is 6.08 Å². The molecule has 0 saturated heterocycles. The maximum absolute atomic E-state index is 13.3. The number of hydrogen-bond donors (Lipinski definition) is 2. The molecule has 3 saturated carbocycles. The van der Waals surface area contributed by atoms with Crippen molar-refractivity contribution in [3.8, 4) is 0 Å². The minimum atomic E-state index is -1.40. The van der Waals surface area contributed by atoms with Crippen LogP contribution in [-0.2, 0) is 4.79 Å². The molecular formula is C28H44O3. The van der Waals surface area contributed by atoms with Gasteiger partial charge in [0.25, 0.3) is 0 Å². The molecule has 2 N–H and O–H groups in total. The van der Waals surface area contributed by atoms with Crippen molar-refractivity contribution in [3.05, 3.63) is 23.8 Å². The monoisotopic (exact) mass is 428 g/mol. The van der Waals surface area contributed by atoms with Crippen molar-refractivity contribution >= 4 is 5.78 Å². The normalized spacial score (nSPS) is 47.0. The minimum Gasteiger partial charge on any atom is -0.393 e. The fourth-order valence-corrected chi connectivity index (χ4v) is 7.96. The van der Waals surface area contributed by atoms with Crippen molar-refractivity contribution in [2.24, 2.45) is 46.3 Å². The SMILES string of the molecule is CC(C)[C@@H](C)C=C[C@@H](C)[C@H]1CC[C@H]2C3=CC(=O)[C@@]4(O)C[C@@H](O)CC[C@]4(C)[C@H]3CC[C@]12C. The Hall–Kier alpha value is -0.930. The van der Waals surface area contributed by atoms with E-state index >= 15 is 0 Å². The summed E-state index contributed by atoms with van der Waals surface area (Å²) in [6.07, 6.45) is 12.4. The number of aliphatic hydroxyl groups excluding tert-OH is 1. The van der Waals surface area contributed by atoms with Crippen molar-refractivity contribution in [2.45, 2.75) is 98.2 Å². The van der Waals surface area contributed by atoms with Crippen LogP contribution in [0.1, 0.15) is 86.5 Å². The average molecular weight is 429 g/mol. The minimum absolute atomic E-state index is 0.147. The molecule has 174 valence electrons. The molecule has 3 fully saturated rings. The van der Waals surface area contributed by atoms with Gasteiger partial charge in [-0.3, -0.25) is 4.79 Å². The molecule has 4 aliphatic rings. The highest BCUT2D eigenvalue weighted by Crippen LogP contribution is 2.67. The van der Waals surface area contributed by atoms with Gasteiger partial charge in [-0.25, -0.2) is 0 Å². The zero-order valence-corrected chi connectivity index (χ0v) is 20.5. The van der Waals surface area contributed by atoms with Crippen LogP contribution in [0.4, 0.5) is 0 Å². The lowest BCUT2D eigenvalue weighted by Crippen LogP contribution is -2.64. The Kier molecular flexibility index (Phi) is 5.87. The van der Waals surface area contributed by atoms with Gasteiger partial charge in [-0.2, -0.15) is 0 Å². The van der Waals surface area contributed by atoms with Crippen LogP contribution in [0.3, 0.4) is 0 Å². The Bertz CT molecular complexity index is 781. The lowest BCUT2D eigenvalue weighted by molar-refractivity contribution is -0.180. The maximum Gasteiger partial charge on any atom is 0.187 e. The summed E-state index contributed by atoms with van der Waals surface area (Å²) < 4.78 is 0. The van der Waals surface area contributed by atoms with E-state index in [4.69, 9.17) is 0 Å². The summed E-state index contributed by atoms with van der Waals surface area (Å²) in [4.78, 5) is 13.3. The van der Waals surface area contributed by atoms with Crippen LogP contribution in [0, 0.1) is 46.3 Å². The fourth-order valence-electron chi connectivity index (χ4n) is 7.96. The molecule has 0 amide bonds. The molecule has 3 heteroatoms. The van der Waals surface area contributed by atoms with Gasteiger partial charge in [-0.15, -0.1) is 0 Å². The molecular weight excluding hydrogens is 384 g/mol. The van der Waals surface area contributed by atoms with E-state index in [9.17, 15) is 15.0 Å². The van der Waals surface area contributed by atoms with Gasteiger partial charge < -0.3 is 10.2 Å². The summed E-state index contributed by atoms with van der Waals surface area (Å²) in [6, 6.07) is 0. The molecule has 0 radical (unpaired) electrons. The van der Waals surface area contributed by atoms with Crippen LogP contribution >= 0.6 is 0 Å². The third-order valence-electron chi connectivity index (χ3n) is 10.5. The molecule has 3 nitrogen and oxygen atoms in total. The van der Waals surface area contributed by atoms with E-state index in [1.54, 1.807) is 0 Å². The highest BCUT2D eigenvalue weighted by Gasteiger charge is 2.65. The number of allylic oxidation sites excluding steroid dienone is 3. The first-order valence-corrected chi connectivity index (χ1v) is 12.8. The lowest BCUT2D eigenvalue weighted by Gasteiger charge is -2.59. The highest BCUT2D eigenvalue weighted by atomic mass is 16.3. The van der Waals surface area contributed by atoms with Crippen LogP contribution in [0.2, 0.25) is 0 Å². The summed E-state index contributed by atoms with van der Waals surface area (Å²) in [7, 11) is 0. The maximum atomic E-state index is 13.3. The smallest absolute Gasteiger partial charge is 0.187 e. The van der Waals surface area contributed by atoms with Gasteiger partial charge in [0, 0.05) is 11.8 Å². The van der Waals surface area contributed by atoms with Crippen LogP contribution in [0.15, 0.2) is 23.8 Å². The fraction of sp³-hybridized carbons (Fsp3) is 0.821.